The second-order valence-corrected chi connectivity index (χ2v) is 10.1. The van der Waals surface area contributed by atoms with E-state index in [4.69, 9.17) is 0 Å². The first-order valence-electron chi connectivity index (χ1n) is 11.0. The third-order valence-corrected chi connectivity index (χ3v) is 7.14. The maximum absolute atomic E-state index is 12.6. The molecule has 7 nitrogen and oxygen atoms in total. The van der Waals surface area contributed by atoms with Crippen LogP contribution in [0.3, 0.4) is 0 Å². The Labute approximate surface area is 180 Å². The molecule has 0 spiro atoms. The second kappa shape index (κ2) is 12.4. The smallest absolute Gasteiger partial charge is 0.251 e. The molecule has 2 rings (SSSR count). The minimum absolute atomic E-state index is 0.303. The Balaban J connectivity index is 2.06. The molecule has 0 radical (unpaired) electrons. The van der Waals surface area contributed by atoms with E-state index in [-0.39, 0.29) is 5.91 Å². The van der Waals surface area contributed by atoms with E-state index < -0.39 is 34.0 Å². The van der Waals surface area contributed by atoms with Gasteiger partial charge in [-0.05, 0) is 30.9 Å². The number of nitrogens with one attached hydrogen (secondary N) is 2. The standard InChI is InChI=1S/C22H36N2O5S/c1-2-3-14-23-30(28,29)16-20(25)21(26)19(15-17-10-6-4-7-11-17)24-22(27)18-12-8-5-9-13-18/h5,8-9,12-13,17,19-21,23,25-26H,2-4,6-7,10-11,14-16H2,1H3,(H,24,27)/t19-,20+,21-/m0/s1. The molecule has 30 heavy (non-hydrogen) atoms. The number of benzene rings is 1. The van der Waals surface area contributed by atoms with Gasteiger partial charge in [0.15, 0.2) is 0 Å². The number of sulfonamides is 1. The molecule has 1 saturated carbocycles. The Morgan fingerprint density at radius 2 is 1.80 bits per heavy atom. The molecule has 170 valence electrons. The summed E-state index contributed by atoms with van der Waals surface area (Å²) < 4.78 is 26.9. The Hall–Kier alpha value is -1.48. The molecule has 1 aromatic carbocycles. The lowest BCUT2D eigenvalue weighted by atomic mass is 9.83. The monoisotopic (exact) mass is 440 g/mol. The molecule has 0 aliphatic heterocycles. The Morgan fingerprint density at radius 3 is 2.43 bits per heavy atom. The number of amides is 1. The lowest BCUT2D eigenvalue weighted by Gasteiger charge is -2.32. The van der Waals surface area contributed by atoms with Crippen LogP contribution in [0.25, 0.3) is 0 Å². The van der Waals surface area contributed by atoms with Crippen LogP contribution in [0.5, 0.6) is 0 Å². The van der Waals surface area contributed by atoms with Gasteiger partial charge in [-0.15, -0.1) is 0 Å². The Bertz CT molecular complexity index is 735. The Kier molecular flexibility index (Phi) is 10.2. The molecular formula is C22H36N2O5S. The van der Waals surface area contributed by atoms with Gasteiger partial charge in [0, 0.05) is 12.1 Å². The van der Waals surface area contributed by atoms with Crippen molar-refractivity contribution < 1.29 is 23.4 Å². The zero-order chi connectivity index (χ0) is 22.0. The van der Waals surface area contributed by atoms with Gasteiger partial charge in [0.2, 0.25) is 10.0 Å². The van der Waals surface area contributed by atoms with Crippen LogP contribution >= 0.6 is 0 Å². The number of aliphatic hydroxyl groups excluding tert-OH is 2. The molecule has 4 N–H and O–H groups in total. The quantitative estimate of drug-likeness (QED) is 0.372. The molecule has 1 aromatic rings. The summed E-state index contributed by atoms with van der Waals surface area (Å²) in [6.07, 6.45) is 4.63. The van der Waals surface area contributed by atoms with E-state index >= 15 is 0 Å². The zero-order valence-corrected chi connectivity index (χ0v) is 18.6. The molecule has 0 unspecified atom stereocenters. The van der Waals surface area contributed by atoms with Crippen molar-refractivity contribution >= 4 is 15.9 Å². The highest BCUT2D eigenvalue weighted by Gasteiger charge is 2.33. The molecule has 8 heteroatoms. The summed E-state index contributed by atoms with van der Waals surface area (Å²) >= 11 is 0. The first kappa shape index (κ1) is 24.8. The molecular weight excluding hydrogens is 404 g/mol. The highest BCUT2D eigenvalue weighted by Crippen LogP contribution is 2.28. The van der Waals surface area contributed by atoms with E-state index in [0.29, 0.717) is 30.9 Å². The average Bonchev–Trinajstić information content (AvgIpc) is 2.73. The fourth-order valence-corrected chi connectivity index (χ4v) is 5.18. The van der Waals surface area contributed by atoms with Gasteiger partial charge in [0.05, 0.1) is 17.9 Å². The molecule has 0 heterocycles. The molecule has 1 amide bonds. The SMILES string of the molecule is CCCCNS(=O)(=O)C[C@@H](O)[C@@H](O)[C@H](CC1CCCCC1)NC(=O)c1ccccc1. The van der Waals surface area contributed by atoms with E-state index in [1.165, 1.54) is 6.42 Å². The second-order valence-electron chi connectivity index (χ2n) is 8.27. The van der Waals surface area contributed by atoms with E-state index in [2.05, 4.69) is 10.0 Å². The van der Waals surface area contributed by atoms with Crippen LogP contribution in [0.15, 0.2) is 30.3 Å². The summed E-state index contributed by atoms with van der Waals surface area (Å²) in [4.78, 5) is 12.6. The van der Waals surface area contributed by atoms with Gasteiger partial charge >= 0.3 is 0 Å². The first-order chi connectivity index (χ1) is 14.3. The first-order valence-corrected chi connectivity index (χ1v) is 12.7. The molecule has 1 aliphatic rings. The van der Waals surface area contributed by atoms with Crippen LogP contribution in [-0.2, 0) is 10.0 Å². The summed E-state index contributed by atoms with van der Waals surface area (Å²) in [6.45, 7) is 2.26. The third-order valence-electron chi connectivity index (χ3n) is 5.71. The van der Waals surface area contributed by atoms with Crippen molar-refractivity contribution in [3.63, 3.8) is 0 Å². The van der Waals surface area contributed by atoms with Crippen molar-refractivity contribution in [1.29, 1.82) is 0 Å². The van der Waals surface area contributed by atoms with Crippen LogP contribution in [0.1, 0.15) is 68.6 Å². The fourth-order valence-electron chi connectivity index (χ4n) is 3.96. The maximum Gasteiger partial charge on any atom is 0.251 e. The number of carbonyl (C=O) groups is 1. The zero-order valence-electron chi connectivity index (χ0n) is 17.8. The normalized spacial score (nSPS) is 18.5. The minimum Gasteiger partial charge on any atom is -0.389 e. The van der Waals surface area contributed by atoms with Crippen LogP contribution in [0.2, 0.25) is 0 Å². The number of hydrogen-bond acceptors (Lipinski definition) is 5. The van der Waals surface area contributed by atoms with E-state index in [9.17, 15) is 23.4 Å². The molecule has 1 aliphatic carbocycles. The van der Waals surface area contributed by atoms with Crippen LogP contribution in [0.4, 0.5) is 0 Å². The van der Waals surface area contributed by atoms with E-state index in [1.807, 2.05) is 13.0 Å². The van der Waals surface area contributed by atoms with Gasteiger partial charge < -0.3 is 15.5 Å². The molecule has 0 bridgehead atoms. The average molecular weight is 441 g/mol. The number of unbranched alkanes of at least 4 members (excludes halogenated alkanes) is 1. The fraction of sp³-hybridized carbons (Fsp3) is 0.682. The summed E-state index contributed by atoms with van der Waals surface area (Å²) in [7, 11) is -3.72. The minimum atomic E-state index is -3.72. The molecule has 0 aromatic heterocycles. The lowest BCUT2D eigenvalue weighted by molar-refractivity contribution is 0.00201. The largest absolute Gasteiger partial charge is 0.389 e. The predicted octanol–water partition coefficient (Wildman–Crippen LogP) is 2.20. The topological polar surface area (TPSA) is 116 Å². The molecule has 3 atom stereocenters. The Morgan fingerprint density at radius 1 is 1.13 bits per heavy atom. The van der Waals surface area contributed by atoms with Crippen molar-refractivity contribution in [3.05, 3.63) is 35.9 Å². The van der Waals surface area contributed by atoms with Gasteiger partial charge in [0.25, 0.3) is 5.91 Å². The number of aliphatic hydroxyl groups is 2. The molecule has 1 fully saturated rings. The van der Waals surface area contributed by atoms with Crippen LogP contribution < -0.4 is 10.0 Å². The van der Waals surface area contributed by atoms with Gasteiger partial charge in [-0.2, -0.15) is 0 Å². The number of hydrogen-bond donors (Lipinski definition) is 4. The van der Waals surface area contributed by atoms with Gasteiger partial charge in [-0.3, -0.25) is 4.79 Å². The van der Waals surface area contributed by atoms with Crippen molar-refractivity contribution in [2.75, 3.05) is 12.3 Å². The number of carbonyl (C=O) groups excluding carboxylic acids is 1. The van der Waals surface area contributed by atoms with Gasteiger partial charge in [0.1, 0.15) is 6.10 Å². The summed E-state index contributed by atoms with van der Waals surface area (Å²) in [6, 6.07) is 7.96. The number of rotatable bonds is 12. The van der Waals surface area contributed by atoms with Crippen molar-refractivity contribution in [3.8, 4) is 0 Å². The highest BCUT2D eigenvalue weighted by atomic mass is 32.2. The summed E-state index contributed by atoms with van der Waals surface area (Å²) in [5, 5.41) is 24.1. The summed E-state index contributed by atoms with van der Waals surface area (Å²) in [5.41, 5.74) is 0.460. The third kappa shape index (κ3) is 8.34. The summed E-state index contributed by atoms with van der Waals surface area (Å²) in [5.74, 6) is -0.604. The maximum atomic E-state index is 12.6. The van der Waals surface area contributed by atoms with Crippen LogP contribution in [-0.4, -0.2) is 55.1 Å². The lowest BCUT2D eigenvalue weighted by Crippen LogP contribution is -2.52. The van der Waals surface area contributed by atoms with E-state index in [1.54, 1.807) is 24.3 Å². The van der Waals surface area contributed by atoms with Crippen molar-refractivity contribution in [1.82, 2.24) is 10.0 Å². The van der Waals surface area contributed by atoms with Crippen LogP contribution in [0, 0.1) is 5.92 Å². The van der Waals surface area contributed by atoms with Crippen molar-refractivity contribution in [2.45, 2.75) is 76.5 Å². The van der Waals surface area contributed by atoms with Crippen molar-refractivity contribution in [2.24, 2.45) is 5.92 Å². The van der Waals surface area contributed by atoms with Gasteiger partial charge in [-0.25, -0.2) is 13.1 Å². The predicted molar refractivity (Wildman–Crippen MR) is 118 cm³/mol. The van der Waals surface area contributed by atoms with E-state index in [0.717, 1.165) is 32.1 Å². The molecule has 0 saturated heterocycles. The van der Waals surface area contributed by atoms with Gasteiger partial charge in [-0.1, -0.05) is 63.6 Å². The highest BCUT2D eigenvalue weighted by molar-refractivity contribution is 7.89.